The second-order valence-corrected chi connectivity index (χ2v) is 3.26. The number of aromatic nitrogens is 1. The zero-order valence-electron chi connectivity index (χ0n) is 8.11. The monoisotopic (exact) mass is 220 g/mol. The van der Waals surface area contributed by atoms with Crippen molar-refractivity contribution in [3.8, 4) is 0 Å². The van der Waals surface area contributed by atoms with Crippen molar-refractivity contribution in [2.45, 2.75) is 19.5 Å². The van der Waals surface area contributed by atoms with Gasteiger partial charge in [-0.3, -0.25) is 4.79 Å². The molecular weight excluding hydrogens is 209 g/mol. The minimum atomic E-state index is -4.36. The molecule has 0 saturated carbocycles. The maximum absolute atomic E-state index is 11.7. The molecule has 2 N–H and O–H groups in total. The van der Waals surface area contributed by atoms with E-state index in [0.29, 0.717) is 5.56 Å². The molecule has 0 aliphatic rings. The fraction of sp³-hybridized carbons (Fsp3) is 0.444. The van der Waals surface area contributed by atoms with Gasteiger partial charge >= 0.3 is 6.18 Å². The summed E-state index contributed by atoms with van der Waals surface area (Å²) < 4.78 is 35.2. The van der Waals surface area contributed by atoms with Gasteiger partial charge < -0.3 is 10.3 Å². The predicted octanol–water partition coefficient (Wildman–Crippen LogP) is 1.54. The molecule has 0 unspecified atom stereocenters. The lowest BCUT2D eigenvalue weighted by atomic mass is 10.2. The van der Waals surface area contributed by atoms with Crippen LogP contribution in [-0.4, -0.2) is 23.6 Å². The van der Waals surface area contributed by atoms with Crippen LogP contribution in [0, 0.1) is 6.92 Å². The Morgan fingerprint density at radius 1 is 1.53 bits per heavy atom. The zero-order chi connectivity index (χ0) is 11.5. The molecule has 1 heterocycles. The van der Waals surface area contributed by atoms with Crippen molar-refractivity contribution < 1.29 is 18.0 Å². The third kappa shape index (κ3) is 4.53. The Bertz CT molecular complexity index is 343. The molecule has 1 aromatic heterocycles. The van der Waals surface area contributed by atoms with E-state index in [9.17, 15) is 18.0 Å². The Morgan fingerprint density at radius 2 is 2.20 bits per heavy atom. The Kier molecular flexibility index (Phi) is 3.39. The summed E-state index contributed by atoms with van der Waals surface area (Å²) in [5.41, 5.74) is 1.54. The molecule has 0 aliphatic heterocycles. The SMILES string of the molecule is Cc1cc(CC(=O)NCC(F)(F)F)c[nH]1. The van der Waals surface area contributed by atoms with E-state index in [2.05, 4.69) is 4.98 Å². The number of amides is 1. The molecule has 0 saturated heterocycles. The first kappa shape index (κ1) is 11.6. The first-order valence-electron chi connectivity index (χ1n) is 4.34. The van der Waals surface area contributed by atoms with Crippen LogP contribution in [0.4, 0.5) is 13.2 Å². The van der Waals surface area contributed by atoms with E-state index >= 15 is 0 Å². The summed E-state index contributed by atoms with van der Waals surface area (Å²) >= 11 is 0. The average Bonchev–Trinajstić information content (AvgIpc) is 2.47. The number of alkyl halides is 3. The van der Waals surface area contributed by atoms with Gasteiger partial charge in [0.15, 0.2) is 0 Å². The van der Waals surface area contributed by atoms with Gasteiger partial charge in [-0.05, 0) is 18.6 Å². The van der Waals surface area contributed by atoms with E-state index in [0.717, 1.165) is 5.69 Å². The van der Waals surface area contributed by atoms with Crippen molar-refractivity contribution in [3.63, 3.8) is 0 Å². The molecule has 0 spiro atoms. The van der Waals surface area contributed by atoms with Crippen LogP contribution in [0.3, 0.4) is 0 Å². The van der Waals surface area contributed by atoms with Crippen LogP contribution in [-0.2, 0) is 11.2 Å². The van der Waals surface area contributed by atoms with Gasteiger partial charge in [0, 0.05) is 11.9 Å². The molecule has 0 radical (unpaired) electrons. The number of nitrogens with one attached hydrogen (secondary N) is 2. The number of aromatic amines is 1. The van der Waals surface area contributed by atoms with Crippen molar-refractivity contribution in [1.29, 1.82) is 0 Å². The highest BCUT2D eigenvalue weighted by Gasteiger charge is 2.27. The smallest absolute Gasteiger partial charge is 0.365 e. The number of H-pyrrole nitrogens is 1. The molecule has 84 valence electrons. The van der Waals surface area contributed by atoms with E-state index < -0.39 is 18.6 Å². The summed E-state index contributed by atoms with van der Waals surface area (Å²) in [4.78, 5) is 13.9. The molecule has 0 bridgehead atoms. The van der Waals surface area contributed by atoms with Gasteiger partial charge in [0.2, 0.25) is 5.91 Å². The van der Waals surface area contributed by atoms with Gasteiger partial charge in [-0.25, -0.2) is 0 Å². The summed E-state index contributed by atoms with van der Waals surface area (Å²) in [6.07, 6.45) is -2.80. The van der Waals surface area contributed by atoms with Crippen LogP contribution < -0.4 is 5.32 Å². The van der Waals surface area contributed by atoms with Crippen molar-refractivity contribution >= 4 is 5.91 Å². The fourth-order valence-corrected chi connectivity index (χ4v) is 1.12. The van der Waals surface area contributed by atoms with E-state index in [4.69, 9.17) is 0 Å². The molecule has 1 amide bonds. The van der Waals surface area contributed by atoms with E-state index in [1.165, 1.54) is 0 Å². The lowest BCUT2D eigenvalue weighted by Crippen LogP contribution is -2.34. The maximum atomic E-state index is 11.7. The van der Waals surface area contributed by atoms with E-state index in [1.54, 1.807) is 24.5 Å². The van der Waals surface area contributed by atoms with Crippen LogP contribution in [0.15, 0.2) is 12.3 Å². The van der Waals surface area contributed by atoms with Crippen LogP contribution >= 0.6 is 0 Å². The number of carbonyl (C=O) groups excluding carboxylic acids is 1. The second kappa shape index (κ2) is 4.37. The standard InChI is InChI=1S/C9H11F3N2O/c1-6-2-7(4-13-6)3-8(15)14-5-9(10,11)12/h2,4,13H,3,5H2,1H3,(H,14,15). The van der Waals surface area contributed by atoms with Gasteiger partial charge in [0.1, 0.15) is 6.54 Å². The number of halogens is 3. The topological polar surface area (TPSA) is 44.9 Å². The Hall–Kier alpha value is -1.46. The Morgan fingerprint density at radius 3 is 2.67 bits per heavy atom. The summed E-state index contributed by atoms with van der Waals surface area (Å²) in [7, 11) is 0. The summed E-state index contributed by atoms with van der Waals surface area (Å²) in [5.74, 6) is -0.633. The number of aryl methyl sites for hydroxylation is 1. The minimum Gasteiger partial charge on any atom is -0.365 e. The largest absolute Gasteiger partial charge is 0.405 e. The third-order valence-electron chi connectivity index (χ3n) is 1.74. The first-order chi connectivity index (χ1) is 6.87. The molecule has 1 rings (SSSR count). The molecule has 0 fully saturated rings. The molecule has 6 heteroatoms. The van der Waals surface area contributed by atoms with Crippen LogP contribution in [0.5, 0.6) is 0 Å². The number of hydrogen-bond acceptors (Lipinski definition) is 1. The second-order valence-electron chi connectivity index (χ2n) is 3.26. The molecular formula is C9H11F3N2O. The van der Waals surface area contributed by atoms with Crippen molar-refractivity contribution in [2.75, 3.05) is 6.54 Å². The third-order valence-corrected chi connectivity index (χ3v) is 1.74. The average molecular weight is 220 g/mol. The Balaban J connectivity index is 2.37. The van der Waals surface area contributed by atoms with Crippen molar-refractivity contribution in [2.24, 2.45) is 0 Å². The van der Waals surface area contributed by atoms with Gasteiger partial charge in [0.25, 0.3) is 0 Å². The molecule has 0 aromatic carbocycles. The fourth-order valence-electron chi connectivity index (χ4n) is 1.12. The highest BCUT2D eigenvalue weighted by atomic mass is 19.4. The van der Waals surface area contributed by atoms with E-state index in [-0.39, 0.29) is 6.42 Å². The maximum Gasteiger partial charge on any atom is 0.405 e. The van der Waals surface area contributed by atoms with Crippen molar-refractivity contribution in [3.05, 3.63) is 23.5 Å². The number of rotatable bonds is 3. The number of carbonyl (C=O) groups is 1. The van der Waals surface area contributed by atoms with Crippen LogP contribution in [0.2, 0.25) is 0 Å². The zero-order valence-corrected chi connectivity index (χ0v) is 8.11. The van der Waals surface area contributed by atoms with Crippen molar-refractivity contribution in [1.82, 2.24) is 10.3 Å². The summed E-state index contributed by atoms with van der Waals surface area (Å²) in [5, 5.41) is 1.80. The number of hydrogen-bond donors (Lipinski definition) is 2. The highest BCUT2D eigenvalue weighted by molar-refractivity contribution is 5.78. The van der Waals surface area contributed by atoms with Crippen LogP contribution in [0.25, 0.3) is 0 Å². The first-order valence-corrected chi connectivity index (χ1v) is 4.34. The van der Waals surface area contributed by atoms with Crippen LogP contribution in [0.1, 0.15) is 11.3 Å². The Labute approximate surface area is 84.7 Å². The highest BCUT2D eigenvalue weighted by Crippen LogP contribution is 2.12. The molecule has 3 nitrogen and oxygen atoms in total. The van der Waals surface area contributed by atoms with Gasteiger partial charge in [0.05, 0.1) is 6.42 Å². The summed E-state index contributed by atoms with van der Waals surface area (Å²) in [6, 6.07) is 1.72. The molecule has 15 heavy (non-hydrogen) atoms. The lowest BCUT2D eigenvalue weighted by Gasteiger charge is -2.07. The quantitative estimate of drug-likeness (QED) is 0.797. The predicted molar refractivity (Wildman–Crippen MR) is 48.3 cm³/mol. The molecule has 1 aromatic rings. The van der Waals surface area contributed by atoms with E-state index in [1.807, 2.05) is 0 Å². The van der Waals surface area contributed by atoms with Gasteiger partial charge in [-0.1, -0.05) is 0 Å². The molecule has 0 atom stereocenters. The normalized spacial score (nSPS) is 11.5. The summed E-state index contributed by atoms with van der Waals surface area (Å²) in [6.45, 7) is 0.520. The van der Waals surface area contributed by atoms with Gasteiger partial charge in [-0.2, -0.15) is 13.2 Å². The van der Waals surface area contributed by atoms with Gasteiger partial charge in [-0.15, -0.1) is 0 Å². The molecule has 0 aliphatic carbocycles. The lowest BCUT2D eigenvalue weighted by molar-refractivity contribution is -0.138. The minimum absolute atomic E-state index is 0.0413.